The molecule has 3 aromatic rings. The summed E-state index contributed by atoms with van der Waals surface area (Å²) in [5.41, 5.74) is 0. The summed E-state index contributed by atoms with van der Waals surface area (Å²) in [6.07, 6.45) is 0. The van der Waals surface area contributed by atoms with E-state index >= 15 is 0 Å². The van der Waals surface area contributed by atoms with Crippen LogP contribution in [0, 0.1) is 0 Å². The molecule has 3 nitrogen and oxygen atoms in total. The summed E-state index contributed by atoms with van der Waals surface area (Å²) < 4.78 is 17.9. The summed E-state index contributed by atoms with van der Waals surface area (Å²) in [4.78, 5) is 3.50. The lowest BCUT2D eigenvalue weighted by molar-refractivity contribution is 0.295. The Morgan fingerprint density at radius 1 is 0.607 bits per heavy atom. The van der Waals surface area contributed by atoms with Crippen LogP contribution in [0.2, 0.25) is 0 Å². The van der Waals surface area contributed by atoms with Crippen LogP contribution in [-0.2, 0) is 10.9 Å². The molecule has 3 aromatic carbocycles. The topological polar surface area (TPSA) is 27.7 Å². The van der Waals surface area contributed by atoms with Crippen molar-refractivity contribution in [3.05, 3.63) is 72.8 Å². The predicted molar refractivity (Wildman–Crippen MR) is 115 cm³/mol. The molecular formula is C24H27O3S+. The standard InChI is InChI=1S/C24H27O3S/c1-4-25-19-17-22(26-5-2)24(23(18-19)27-6-3)28(20-13-9-7-10-14-20)21-15-11-8-12-16-21/h7-18H,4-6H2,1-3H3/q+1. The maximum absolute atomic E-state index is 6.08. The van der Waals surface area contributed by atoms with E-state index in [-0.39, 0.29) is 10.9 Å². The van der Waals surface area contributed by atoms with Crippen LogP contribution in [0.25, 0.3) is 0 Å². The average molecular weight is 396 g/mol. The molecule has 0 amide bonds. The highest BCUT2D eigenvalue weighted by Gasteiger charge is 2.36. The highest BCUT2D eigenvalue weighted by Crippen LogP contribution is 2.45. The first-order chi connectivity index (χ1) is 13.8. The average Bonchev–Trinajstić information content (AvgIpc) is 2.72. The molecule has 0 saturated carbocycles. The van der Waals surface area contributed by atoms with Crippen LogP contribution in [0.5, 0.6) is 17.2 Å². The van der Waals surface area contributed by atoms with E-state index in [9.17, 15) is 0 Å². The van der Waals surface area contributed by atoms with Crippen LogP contribution in [0.1, 0.15) is 20.8 Å². The van der Waals surface area contributed by atoms with Crippen LogP contribution >= 0.6 is 0 Å². The fourth-order valence-electron chi connectivity index (χ4n) is 3.01. The Hall–Kier alpha value is -2.59. The third-order valence-corrected chi connectivity index (χ3v) is 6.36. The molecule has 146 valence electrons. The van der Waals surface area contributed by atoms with Crippen molar-refractivity contribution in [2.75, 3.05) is 19.8 Å². The monoisotopic (exact) mass is 395 g/mol. The SMILES string of the molecule is CCOc1cc(OCC)c([S+](c2ccccc2)c2ccccc2)c(OCC)c1. The summed E-state index contributed by atoms with van der Waals surface area (Å²) in [7, 11) is -0.358. The maximum Gasteiger partial charge on any atom is 0.250 e. The molecule has 0 aromatic heterocycles. The Morgan fingerprint density at radius 3 is 1.43 bits per heavy atom. The minimum Gasteiger partial charge on any atom is -0.494 e. The quantitative estimate of drug-likeness (QED) is 0.417. The van der Waals surface area contributed by atoms with Gasteiger partial charge < -0.3 is 14.2 Å². The second-order valence-electron chi connectivity index (χ2n) is 5.98. The third kappa shape index (κ3) is 4.63. The largest absolute Gasteiger partial charge is 0.494 e. The zero-order valence-corrected chi connectivity index (χ0v) is 17.5. The minimum absolute atomic E-state index is 0.358. The summed E-state index contributed by atoms with van der Waals surface area (Å²) in [5.74, 6) is 2.39. The fourth-order valence-corrected chi connectivity index (χ4v) is 5.25. The Bertz CT molecular complexity index is 799. The molecule has 0 saturated heterocycles. The van der Waals surface area contributed by atoms with Gasteiger partial charge in [-0.1, -0.05) is 36.4 Å². The molecule has 0 aliphatic heterocycles. The van der Waals surface area contributed by atoms with Crippen molar-refractivity contribution in [1.82, 2.24) is 0 Å². The molecule has 28 heavy (non-hydrogen) atoms. The van der Waals surface area contributed by atoms with Crippen LogP contribution in [-0.4, -0.2) is 19.8 Å². The van der Waals surface area contributed by atoms with Gasteiger partial charge in [0.15, 0.2) is 21.3 Å². The Morgan fingerprint density at radius 2 is 1.04 bits per heavy atom. The Kier molecular flexibility index (Phi) is 7.26. The molecule has 0 radical (unpaired) electrons. The summed E-state index contributed by atoms with van der Waals surface area (Å²) >= 11 is 0. The van der Waals surface area contributed by atoms with Crippen LogP contribution < -0.4 is 14.2 Å². The number of ether oxygens (including phenoxy) is 3. The Balaban J connectivity index is 2.25. The zero-order chi connectivity index (χ0) is 19.8. The highest BCUT2D eigenvalue weighted by molar-refractivity contribution is 7.97. The molecule has 0 fully saturated rings. The van der Waals surface area contributed by atoms with Gasteiger partial charge in [0, 0.05) is 12.1 Å². The zero-order valence-electron chi connectivity index (χ0n) is 16.7. The predicted octanol–water partition coefficient (Wildman–Crippen LogP) is 5.98. The van der Waals surface area contributed by atoms with E-state index in [1.165, 1.54) is 9.79 Å². The molecule has 0 N–H and O–H groups in total. The number of hydrogen-bond acceptors (Lipinski definition) is 3. The fraction of sp³-hybridized carbons (Fsp3) is 0.250. The normalized spacial score (nSPS) is 10.7. The van der Waals surface area contributed by atoms with Gasteiger partial charge in [0.05, 0.1) is 19.8 Å². The first-order valence-electron chi connectivity index (χ1n) is 9.69. The van der Waals surface area contributed by atoms with Gasteiger partial charge in [-0.25, -0.2) is 0 Å². The van der Waals surface area contributed by atoms with Crippen molar-refractivity contribution in [3.8, 4) is 17.2 Å². The van der Waals surface area contributed by atoms with Gasteiger partial charge in [0.1, 0.15) is 16.6 Å². The smallest absolute Gasteiger partial charge is 0.250 e. The number of rotatable bonds is 9. The summed E-state index contributed by atoms with van der Waals surface area (Å²) in [5, 5.41) is 0. The lowest BCUT2D eigenvalue weighted by Crippen LogP contribution is -2.11. The van der Waals surface area contributed by atoms with E-state index in [4.69, 9.17) is 14.2 Å². The lowest BCUT2D eigenvalue weighted by Gasteiger charge is -2.17. The second kappa shape index (κ2) is 10.1. The number of hydrogen-bond donors (Lipinski definition) is 0. The molecule has 0 unspecified atom stereocenters. The van der Waals surface area contributed by atoms with Gasteiger partial charge in [-0.15, -0.1) is 0 Å². The third-order valence-electron chi connectivity index (χ3n) is 4.07. The molecule has 0 heterocycles. The van der Waals surface area contributed by atoms with Gasteiger partial charge in [-0.2, -0.15) is 0 Å². The molecule has 0 spiro atoms. The van der Waals surface area contributed by atoms with Crippen LogP contribution in [0.3, 0.4) is 0 Å². The Labute approximate surface area is 170 Å². The summed E-state index contributed by atoms with van der Waals surface area (Å²) in [6.45, 7) is 7.73. The van der Waals surface area contributed by atoms with E-state index in [0.717, 1.165) is 22.1 Å². The van der Waals surface area contributed by atoms with Gasteiger partial charge in [0.2, 0.25) is 4.90 Å². The van der Waals surface area contributed by atoms with E-state index in [1.54, 1.807) is 0 Å². The maximum atomic E-state index is 6.08. The van der Waals surface area contributed by atoms with Crippen molar-refractivity contribution >= 4 is 10.9 Å². The van der Waals surface area contributed by atoms with Gasteiger partial charge in [0.25, 0.3) is 0 Å². The van der Waals surface area contributed by atoms with E-state index in [1.807, 2.05) is 45.0 Å². The van der Waals surface area contributed by atoms with Crippen LogP contribution in [0.15, 0.2) is 87.5 Å². The van der Waals surface area contributed by atoms with Gasteiger partial charge in [-0.3, -0.25) is 0 Å². The second-order valence-corrected chi connectivity index (χ2v) is 7.94. The molecule has 0 atom stereocenters. The molecular weight excluding hydrogens is 368 g/mol. The lowest BCUT2D eigenvalue weighted by atomic mass is 10.3. The highest BCUT2D eigenvalue weighted by atomic mass is 32.2. The molecule has 0 bridgehead atoms. The first kappa shape index (κ1) is 20.2. The summed E-state index contributed by atoms with van der Waals surface area (Å²) in [6, 6.07) is 25.0. The molecule has 3 rings (SSSR count). The minimum atomic E-state index is -0.358. The van der Waals surface area contributed by atoms with Crippen molar-refractivity contribution in [1.29, 1.82) is 0 Å². The van der Waals surface area contributed by atoms with Crippen molar-refractivity contribution < 1.29 is 14.2 Å². The molecule has 0 aliphatic carbocycles. The van der Waals surface area contributed by atoms with Crippen molar-refractivity contribution in [3.63, 3.8) is 0 Å². The first-order valence-corrected chi connectivity index (χ1v) is 10.9. The molecule has 4 heteroatoms. The van der Waals surface area contributed by atoms with E-state index in [0.29, 0.717) is 19.8 Å². The number of benzene rings is 3. The van der Waals surface area contributed by atoms with Gasteiger partial charge in [-0.05, 0) is 45.0 Å². The van der Waals surface area contributed by atoms with Gasteiger partial charge >= 0.3 is 0 Å². The van der Waals surface area contributed by atoms with Crippen molar-refractivity contribution in [2.24, 2.45) is 0 Å². The van der Waals surface area contributed by atoms with E-state index < -0.39 is 0 Å². The van der Waals surface area contributed by atoms with Crippen molar-refractivity contribution in [2.45, 2.75) is 35.5 Å². The molecule has 0 aliphatic rings. The van der Waals surface area contributed by atoms with Crippen LogP contribution in [0.4, 0.5) is 0 Å². The van der Waals surface area contributed by atoms with E-state index in [2.05, 4.69) is 48.5 Å².